The number of aryl methyl sites for hydroxylation is 1. The zero-order valence-electron chi connectivity index (χ0n) is 16.0. The second-order valence-electron chi connectivity index (χ2n) is 6.29. The van der Waals surface area contributed by atoms with Crippen LogP contribution in [0.4, 0.5) is 23.1 Å². The van der Waals surface area contributed by atoms with Crippen LogP contribution in [0, 0.1) is 6.92 Å². The summed E-state index contributed by atoms with van der Waals surface area (Å²) in [7, 11) is 4.10. The monoisotopic (exact) mass is 342 g/mol. The first-order chi connectivity index (χ1) is 12.0. The van der Waals surface area contributed by atoms with E-state index in [1.807, 2.05) is 27.1 Å². The standard InChI is InChI=1S/C19H30N6/c1-6-25(7-2)17-10-8-16(9-11-17)22-18-14-15(3)21-19(23-18)20-12-13-24(4)5/h8-11,14H,6-7,12-13H2,1-5H3,(H2,20,21,22,23). The minimum Gasteiger partial charge on any atom is -0.372 e. The van der Waals surface area contributed by atoms with Crippen LogP contribution in [0.15, 0.2) is 30.3 Å². The molecule has 2 N–H and O–H groups in total. The number of nitrogens with zero attached hydrogens (tertiary/aromatic N) is 4. The van der Waals surface area contributed by atoms with Crippen LogP contribution < -0.4 is 15.5 Å². The Morgan fingerprint density at radius 3 is 2.28 bits per heavy atom. The normalized spacial score (nSPS) is 10.8. The molecule has 6 nitrogen and oxygen atoms in total. The van der Waals surface area contributed by atoms with Crippen molar-refractivity contribution in [2.24, 2.45) is 0 Å². The first-order valence-corrected chi connectivity index (χ1v) is 8.88. The smallest absolute Gasteiger partial charge is 0.224 e. The van der Waals surface area contributed by atoms with Crippen molar-refractivity contribution in [3.05, 3.63) is 36.0 Å². The molecule has 0 atom stereocenters. The Kier molecular flexibility index (Phi) is 7.01. The van der Waals surface area contributed by atoms with Crippen molar-refractivity contribution in [2.45, 2.75) is 20.8 Å². The van der Waals surface area contributed by atoms with Crippen molar-refractivity contribution in [3.63, 3.8) is 0 Å². The highest BCUT2D eigenvalue weighted by Gasteiger charge is 2.05. The summed E-state index contributed by atoms with van der Waals surface area (Å²) in [6.07, 6.45) is 0. The van der Waals surface area contributed by atoms with Crippen molar-refractivity contribution >= 4 is 23.1 Å². The molecule has 25 heavy (non-hydrogen) atoms. The fraction of sp³-hybridized carbons (Fsp3) is 0.474. The summed E-state index contributed by atoms with van der Waals surface area (Å²) in [5.41, 5.74) is 3.19. The molecule has 1 heterocycles. The van der Waals surface area contributed by atoms with Crippen LogP contribution in [-0.4, -0.2) is 55.1 Å². The molecule has 0 saturated heterocycles. The second-order valence-corrected chi connectivity index (χ2v) is 6.29. The number of anilines is 4. The SMILES string of the molecule is CCN(CC)c1ccc(Nc2cc(C)nc(NCCN(C)C)n2)cc1. The largest absolute Gasteiger partial charge is 0.372 e. The van der Waals surface area contributed by atoms with Gasteiger partial charge in [0.2, 0.25) is 5.95 Å². The van der Waals surface area contributed by atoms with E-state index in [4.69, 9.17) is 0 Å². The number of likely N-dealkylation sites (N-methyl/N-ethyl adjacent to an activating group) is 1. The maximum Gasteiger partial charge on any atom is 0.224 e. The number of rotatable bonds is 9. The molecule has 6 heteroatoms. The zero-order chi connectivity index (χ0) is 18.2. The molecule has 0 radical (unpaired) electrons. The summed E-state index contributed by atoms with van der Waals surface area (Å²) in [6.45, 7) is 10.1. The summed E-state index contributed by atoms with van der Waals surface area (Å²) >= 11 is 0. The number of nitrogens with one attached hydrogen (secondary N) is 2. The Labute approximate surface area is 151 Å². The molecule has 0 spiro atoms. The molecule has 2 rings (SSSR count). The van der Waals surface area contributed by atoms with E-state index in [2.05, 4.69) is 68.5 Å². The molecule has 0 amide bonds. The number of benzene rings is 1. The molecule has 1 aromatic heterocycles. The van der Waals surface area contributed by atoms with E-state index in [1.165, 1.54) is 5.69 Å². The van der Waals surface area contributed by atoms with Crippen LogP contribution >= 0.6 is 0 Å². The van der Waals surface area contributed by atoms with Crippen LogP contribution in [-0.2, 0) is 0 Å². The van der Waals surface area contributed by atoms with Crippen molar-refractivity contribution in [3.8, 4) is 0 Å². The Morgan fingerprint density at radius 2 is 1.68 bits per heavy atom. The molecule has 0 bridgehead atoms. The van der Waals surface area contributed by atoms with Gasteiger partial charge in [-0.1, -0.05) is 0 Å². The zero-order valence-corrected chi connectivity index (χ0v) is 16.0. The van der Waals surface area contributed by atoms with Crippen molar-refractivity contribution in [1.82, 2.24) is 14.9 Å². The third-order valence-electron chi connectivity index (χ3n) is 3.96. The molecular formula is C19H30N6. The summed E-state index contributed by atoms with van der Waals surface area (Å²) in [5, 5.41) is 6.64. The van der Waals surface area contributed by atoms with Gasteiger partial charge >= 0.3 is 0 Å². The van der Waals surface area contributed by atoms with Crippen LogP contribution in [0.3, 0.4) is 0 Å². The van der Waals surface area contributed by atoms with Crippen molar-refractivity contribution < 1.29 is 0 Å². The highest BCUT2D eigenvalue weighted by molar-refractivity contribution is 5.61. The summed E-state index contributed by atoms with van der Waals surface area (Å²) in [5.74, 6) is 1.46. The second kappa shape index (κ2) is 9.22. The van der Waals surface area contributed by atoms with E-state index < -0.39 is 0 Å². The van der Waals surface area contributed by atoms with Crippen LogP contribution in [0.5, 0.6) is 0 Å². The lowest BCUT2D eigenvalue weighted by atomic mass is 10.2. The molecule has 0 aliphatic carbocycles. The molecule has 136 valence electrons. The van der Waals surface area contributed by atoms with Gasteiger partial charge in [-0.15, -0.1) is 0 Å². The van der Waals surface area contributed by atoms with E-state index in [0.29, 0.717) is 5.95 Å². The predicted octanol–water partition coefficient (Wildman–Crippen LogP) is 3.35. The minimum absolute atomic E-state index is 0.657. The topological polar surface area (TPSA) is 56.3 Å². The van der Waals surface area contributed by atoms with Gasteiger partial charge in [-0.25, -0.2) is 4.98 Å². The fourth-order valence-electron chi connectivity index (χ4n) is 2.60. The molecule has 0 fully saturated rings. The molecular weight excluding hydrogens is 312 g/mol. The fourth-order valence-corrected chi connectivity index (χ4v) is 2.60. The molecule has 0 aliphatic rings. The molecule has 2 aromatic rings. The highest BCUT2D eigenvalue weighted by Crippen LogP contribution is 2.21. The van der Waals surface area contributed by atoms with Gasteiger partial charge in [-0.05, 0) is 59.1 Å². The number of aromatic nitrogens is 2. The molecule has 0 unspecified atom stereocenters. The average molecular weight is 342 g/mol. The van der Waals surface area contributed by atoms with Gasteiger partial charge in [0, 0.05) is 49.3 Å². The van der Waals surface area contributed by atoms with Gasteiger partial charge in [0.05, 0.1) is 0 Å². The lowest BCUT2D eigenvalue weighted by molar-refractivity contribution is 0.425. The molecule has 0 aliphatic heterocycles. The van der Waals surface area contributed by atoms with E-state index in [0.717, 1.165) is 43.4 Å². The Hall–Kier alpha value is -2.34. The Bertz CT molecular complexity index is 649. The first kappa shape index (κ1) is 19.0. The van der Waals surface area contributed by atoms with Crippen LogP contribution in [0.1, 0.15) is 19.5 Å². The Morgan fingerprint density at radius 1 is 1.00 bits per heavy atom. The average Bonchev–Trinajstić information content (AvgIpc) is 2.56. The number of hydrogen-bond donors (Lipinski definition) is 2. The minimum atomic E-state index is 0.657. The maximum atomic E-state index is 4.55. The van der Waals surface area contributed by atoms with E-state index in [-0.39, 0.29) is 0 Å². The van der Waals surface area contributed by atoms with Gasteiger partial charge < -0.3 is 20.4 Å². The third-order valence-corrected chi connectivity index (χ3v) is 3.96. The van der Waals surface area contributed by atoms with E-state index >= 15 is 0 Å². The van der Waals surface area contributed by atoms with Gasteiger partial charge in [0.25, 0.3) is 0 Å². The third kappa shape index (κ3) is 5.90. The first-order valence-electron chi connectivity index (χ1n) is 8.88. The summed E-state index contributed by atoms with van der Waals surface area (Å²) in [6, 6.07) is 10.4. The van der Waals surface area contributed by atoms with Crippen molar-refractivity contribution in [1.29, 1.82) is 0 Å². The van der Waals surface area contributed by atoms with Crippen LogP contribution in [0.25, 0.3) is 0 Å². The lowest BCUT2D eigenvalue weighted by Crippen LogP contribution is -2.21. The van der Waals surface area contributed by atoms with Gasteiger partial charge in [-0.2, -0.15) is 4.98 Å². The van der Waals surface area contributed by atoms with E-state index in [1.54, 1.807) is 0 Å². The van der Waals surface area contributed by atoms with Crippen LogP contribution in [0.2, 0.25) is 0 Å². The highest BCUT2D eigenvalue weighted by atomic mass is 15.2. The summed E-state index contributed by atoms with van der Waals surface area (Å²) < 4.78 is 0. The number of hydrogen-bond acceptors (Lipinski definition) is 6. The summed E-state index contributed by atoms with van der Waals surface area (Å²) in [4.78, 5) is 13.4. The van der Waals surface area contributed by atoms with Crippen molar-refractivity contribution in [2.75, 3.05) is 55.8 Å². The Balaban J connectivity index is 2.05. The molecule has 0 saturated carbocycles. The quantitative estimate of drug-likeness (QED) is 0.729. The van der Waals surface area contributed by atoms with Gasteiger partial charge in [0.15, 0.2) is 0 Å². The molecule has 1 aromatic carbocycles. The van der Waals surface area contributed by atoms with E-state index in [9.17, 15) is 0 Å². The lowest BCUT2D eigenvalue weighted by Gasteiger charge is -2.21. The van der Waals surface area contributed by atoms with Gasteiger partial charge in [0.1, 0.15) is 5.82 Å². The maximum absolute atomic E-state index is 4.55. The predicted molar refractivity (Wildman–Crippen MR) is 107 cm³/mol. The van der Waals surface area contributed by atoms with Gasteiger partial charge in [-0.3, -0.25) is 0 Å².